The van der Waals surface area contributed by atoms with Gasteiger partial charge in [0.1, 0.15) is 6.07 Å². The standard InChI is InChI=1S/C18H13ClF2N2O3S/c1-13-6-8-15(9-7-13)27(25,26)23(11-10-17(24)18(19,20)21)16-5-3-2-4-14(16)12-22/h2-11H,1H3/b11-10+. The van der Waals surface area contributed by atoms with Gasteiger partial charge in [0, 0.05) is 12.3 Å². The van der Waals surface area contributed by atoms with Crippen molar-refractivity contribution in [2.45, 2.75) is 17.2 Å². The number of ketones is 1. The Kier molecular flexibility index (Phi) is 5.98. The van der Waals surface area contributed by atoms with Crippen LogP contribution in [0.1, 0.15) is 11.1 Å². The fourth-order valence-electron chi connectivity index (χ4n) is 2.10. The van der Waals surface area contributed by atoms with E-state index in [0.717, 1.165) is 5.56 Å². The van der Waals surface area contributed by atoms with Crippen LogP contribution in [0.25, 0.3) is 0 Å². The number of nitrogens with zero attached hydrogens (tertiary/aromatic N) is 2. The van der Waals surface area contributed by atoms with Crippen LogP contribution in [0.3, 0.4) is 0 Å². The minimum atomic E-state index is -4.29. The molecule has 0 aliphatic carbocycles. The van der Waals surface area contributed by atoms with Gasteiger partial charge in [-0.25, -0.2) is 12.7 Å². The van der Waals surface area contributed by atoms with Crippen LogP contribution >= 0.6 is 11.6 Å². The predicted molar refractivity (Wildman–Crippen MR) is 96.9 cm³/mol. The summed E-state index contributed by atoms with van der Waals surface area (Å²) < 4.78 is 52.5. The van der Waals surface area contributed by atoms with Gasteiger partial charge >= 0.3 is 5.38 Å². The first kappa shape index (κ1) is 20.6. The van der Waals surface area contributed by atoms with E-state index in [1.165, 1.54) is 36.4 Å². The third-order valence-corrected chi connectivity index (χ3v) is 5.37. The lowest BCUT2D eigenvalue weighted by Gasteiger charge is -2.21. The summed E-state index contributed by atoms with van der Waals surface area (Å²) in [6, 6.07) is 13.3. The molecule has 0 fully saturated rings. The molecule has 9 heteroatoms. The molecule has 0 spiro atoms. The highest BCUT2D eigenvalue weighted by Gasteiger charge is 2.34. The average molecular weight is 411 g/mol. The van der Waals surface area contributed by atoms with Crippen molar-refractivity contribution in [2.75, 3.05) is 4.31 Å². The van der Waals surface area contributed by atoms with Crippen LogP contribution in [0.5, 0.6) is 0 Å². The molecule has 0 amide bonds. The van der Waals surface area contributed by atoms with Gasteiger partial charge < -0.3 is 0 Å². The Morgan fingerprint density at radius 3 is 2.33 bits per heavy atom. The van der Waals surface area contributed by atoms with Crippen LogP contribution < -0.4 is 4.31 Å². The van der Waals surface area contributed by atoms with E-state index in [1.807, 2.05) is 6.07 Å². The van der Waals surface area contributed by atoms with Gasteiger partial charge in [-0.15, -0.1) is 0 Å². The van der Waals surface area contributed by atoms with Crippen molar-refractivity contribution < 1.29 is 22.0 Å². The van der Waals surface area contributed by atoms with Crippen LogP contribution in [0.15, 0.2) is 65.7 Å². The number of carbonyl (C=O) groups excluding carboxylic acids is 1. The van der Waals surface area contributed by atoms with Crippen LogP contribution in [0.2, 0.25) is 0 Å². The molecular formula is C18H13ClF2N2O3S. The highest BCUT2D eigenvalue weighted by molar-refractivity contribution is 7.93. The number of rotatable bonds is 6. The van der Waals surface area contributed by atoms with Gasteiger partial charge in [0.15, 0.2) is 0 Å². The fraction of sp³-hybridized carbons (Fsp3) is 0.111. The summed E-state index contributed by atoms with van der Waals surface area (Å²) >= 11 is 4.67. The van der Waals surface area contributed by atoms with E-state index in [2.05, 4.69) is 11.6 Å². The van der Waals surface area contributed by atoms with Crippen molar-refractivity contribution in [3.63, 3.8) is 0 Å². The minimum Gasteiger partial charge on any atom is -0.286 e. The maximum atomic E-state index is 13.0. The molecule has 0 saturated carbocycles. The molecule has 5 nitrogen and oxygen atoms in total. The largest absolute Gasteiger partial charge is 0.384 e. The second-order valence-electron chi connectivity index (χ2n) is 5.42. The van der Waals surface area contributed by atoms with Crippen LogP contribution in [0.4, 0.5) is 14.5 Å². The first-order valence-corrected chi connectivity index (χ1v) is 9.29. The van der Waals surface area contributed by atoms with Gasteiger partial charge in [-0.2, -0.15) is 14.0 Å². The number of halogens is 3. The molecule has 140 valence electrons. The van der Waals surface area contributed by atoms with Gasteiger partial charge in [-0.05, 0) is 42.8 Å². The fourth-order valence-corrected chi connectivity index (χ4v) is 3.51. The smallest absolute Gasteiger partial charge is 0.286 e. The Hall–Kier alpha value is -2.76. The molecular weight excluding hydrogens is 398 g/mol. The molecule has 0 bridgehead atoms. The van der Waals surface area contributed by atoms with Crippen LogP contribution in [0, 0.1) is 18.3 Å². The molecule has 0 unspecified atom stereocenters. The Morgan fingerprint density at radius 2 is 1.78 bits per heavy atom. The molecule has 0 aromatic heterocycles. The zero-order chi connectivity index (χ0) is 20.2. The van der Waals surface area contributed by atoms with Crippen LogP contribution in [-0.4, -0.2) is 19.6 Å². The number of sulfonamides is 1. The first-order valence-electron chi connectivity index (χ1n) is 7.47. The molecule has 0 heterocycles. The third-order valence-electron chi connectivity index (χ3n) is 3.48. The minimum absolute atomic E-state index is 0.0251. The number of hydrogen-bond donors (Lipinski definition) is 0. The van der Waals surface area contributed by atoms with Crippen molar-refractivity contribution in [1.82, 2.24) is 0 Å². The number of nitriles is 1. The van der Waals surface area contributed by atoms with Crippen molar-refractivity contribution in [1.29, 1.82) is 5.26 Å². The van der Waals surface area contributed by atoms with Crippen molar-refractivity contribution >= 4 is 33.1 Å². The van der Waals surface area contributed by atoms with Crippen molar-refractivity contribution in [3.05, 3.63) is 71.9 Å². The highest BCUT2D eigenvalue weighted by atomic mass is 35.5. The zero-order valence-electron chi connectivity index (χ0n) is 13.9. The van der Waals surface area contributed by atoms with Gasteiger partial charge in [-0.1, -0.05) is 29.8 Å². The molecule has 2 rings (SSSR count). The summed E-state index contributed by atoms with van der Waals surface area (Å²) in [5, 5.41) is 5.07. The van der Waals surface area contributed by atoms with E-state index in [-0.39, 0.29) is 16.1 Å². The number of aryl methyl sites for hydroxylation is 1. The van der Waals surface area contributed by atoms with E-state index >= 15 is 0 Å². The Balaban J connectivity index is 2.63. The van der Waals surface area contributed by atoms with E-state index in [9.17, 15) is 27.3 Å². The first-order chi connectivity index (χ1) is 12.6. The summed E-state index contributed by atoms with van der Waals surface area (Å²) in [5.74, 6) is -1.79. The number of allylic oxidation sites excluding steroid dienone is 1. The maximum Gasteiger partial charge on any atom is 0.384 e. The number of benzene rings is 2. The number of anilines is 1. The van der Waals surface area contributed by atoms with Crippen molar-refractivity contribution in [3.8, 4) is 6.07 Å². The van der Waals surface area contributed by atoms with Gasteiger partial charge in [-0.3, -0.25) is 4.79 Å². The lowest BCUT2D eigenvalue weighted by molar-refractivity contribution is -0.128. The van der Waals surface area contributed by atoms with E-state index in [1.54, 1.807) is 19.1 Å². The van der Waals surface area contributed by atoms with E-state index in [4.69, 9.17) is 0 Å². The Labute approximate surface area is 160 Å². The normalized spacial score (nSPS) is 12.0. The van der Waals surface area contributed by atoms with Crippen molar-refractivity contribution in [2.24, 2.45) is 0 Å². The number of hydrogen-bond acceptors (Lipinski definition) is 4. The molecule has 0 radical (unpaired) electrons. The van der Waals surface area contributed by atoms with E-state index < -0.39 is 21.2 Å². The second-order valence-corrected chi connectivity index (χ2v) is 7.71. The van der Waals surface area contributed by atoms with E-state index in [0.29, 0.717) is 16.6 Å². The summed E-state index contributed by atoms with van der Waals surface area (Å²) in [5.41, 5.74) is 0.691. The molecule has 27 heavy (non-hydrogen) atoms. The summed E-state index contributed by atoms with van der Waals surface area (Å²) in [7, 11) is -4.29. The summed E-state index contributed by atoms with van der Waals surface area (Å²) in [6.07, 6.45) is 1.01. The Bertz CT molecular complexity index is 1020. The molecule has 2 aromatic rings. The molecule has 0 aliphatic rings. The zero-order valence-corrected chi connectivity index (χ0v) is 15.5. The number of carbonyl (C=O) groups is 1. The third kappa shape index (κ3) is 4.70. The average Bonchev–Trinajstić information content (AvgIpc) is 2.61. The Morgan fingerprint density at radius 1 is 1.19 bits per heavy atom. The van der Waals surface area contributed by atoms with Gasteiger partial charge in [0.2, 0.25) is 5.78 Å². The second kappa shape index (κ2) is 7.86. The topological polar surface area (TPSA) is 78.2 Å². The molecule has 0 saturated heterocycles. The highest BCUT2D eigenvalue weighted by Crippen LogP contribution is 2.28. The molecule has 0 atom stereocenters. The predicted octanol–water partition coefficient (Wildman–Crippen LogP) is 3.98. The lowest BCUT2D eigenvalue weighted by atomic mass is 10.2. The molecule has 0 aliphatic heterocycles. The quantitative estimate of drug-likeness (QED) is 0.533. The number of para-hydroxylation sites is 1. The number of alkyl halides is 3. The SMILES string of the molecule is Cc1ccc(S(=O)(=O)N(/C=C/C(=O)C(F)(F)Cl)c2ccccc2C#N)cc1. The van der Waals surface area contributed by atoms with Crippen LogP contribution in [-0.2, 0) is 14.8 Å². The van der Waals surface area contributed by atoms with Gasteiger partial charge in [0.05, 0.1) is 16.1 Å². The molecule has 2 aromatic carbocycles. The maximum absolute atomic E-state index is 13.0. The van der Waals surface area contributed by atoms with Gasteiger partial charge in [0.25, 0.3) is 10.0 Å². The summed E-state index contributed by atoms with van der Waals surface area (Å²) in [4.78, 5) is 11.3. The summed E-state index contributed by atoms with van der Waals surface area (Å²) in [6.45, 7) is 1.76. The lowest BCUT2D eigenvalue weighted by Crippen LogP contribution is -2.28. The monoisotopic (exact) mass is 410 g/mol. The molecule has 0 N–H and O–H groups in total.